The van der Waals surface area contributed by atoms with Crippen LogP contribution in [0.4, 0.5) is 0 Å². The van der Waals surface area contributed by atoms with Crippen LogP contribution in [0.5, 0.6) is 0 Å². The lowest BCUT2D eigenvalue weighted by molar-refractivity contribution is 0.645. The maximum Gasteiger partial charge on any atom is 0.0992 e. The number of rotatable bonds is 6. The number of nitrogens with one attached hydrogen (secondary N) is 1. The fourth-order valence-electron chi connectivity index (χ4n) is 2.23. The molecule has 0 bridgehead atoms. The van der Waals surface area contributed by atoms with Gasteiger partial charge in [0.25, 0.3) is 0 Å². The smallest absolute Gasteiger partial charge is 0.0992 e. The summed E-state index contributed by atoms with van der Waals surface area (Å²) < 4.78 is 1.84. The molecule has 1 aromatic heterocycles. The summed E-state index contributed by atoms with van der Waals surface area (Å²) >= 11 is 0. The molecule has 1 aromatic carbocycles. The van der Waals surface area contributed by atoms with Crippen LogP contribution in [0.2, 0.25) is 0 Å². The predicted octanol–water partition coefficient (Wildman–Crippen LogP) is 2.43. The molecule has 1 aliphatic carbocycles. The molecule has 4 nitrogen and oxygen atoms in total. The van der Waals surface area contributed by atoms with Crippen molar-refractivity contribution in [2.24, 2.45) is 0 Å². The Morgan fingerprint density at radius 2 is 2.30 bits per heavy atom. The normalized spacial score (nSPS) is 14.2. The quantitative estimate of drug-likeness (QED) is 0.817. The van der Waals surface area contributed by atoms with Crippen molar-refractivity contribution in [2.75, 3.05) is 6.54 Å². The Bertz CT molecular complexity index is 619. The lowest BCUT2D eigenvalue weighted by atomic mass is 10.2. The molecular weight excluding hydrogens is 248 g/mol. The zero-order valence-corrected chi connectivity index (χ0v) is 11.4. The molecule has 1 heterocycles. The third kappa shape index (κ3) is 3.25. The Balaban J connectivity index is 1.59. The first-order valence-corrected chi connectivity index (χ1v) is 7.12. The van der Waals surface area contributed by atoms with Crippen molar-refractivity contribution < 1.29 is 0 Å². The van der Waals surface area contributed by atoms with E-state index in [1.165, 1.54) is 18.4 Å². The van der Waals surface area contributed by atoms with Crippen LogP contribution >= 0.6 is 0 Å². The standard InChI is InChI=1S/C16H18N4/c17-10-13-3-1-5-16(9-13)20-12-14(11-19-20)4-2-8-18-15-6-7-15/h1,3,5,9,11-12,15,18H,2,4,6-8H2. The fraction of sp³-hybridized carbons (Fsp3) is 0.375. The van der Waals surface area contributed by atoms with Crippen molar-refractivity contribution in [3.05, 3.63) is 47.8 Å². The van der Waals surface area contributed by atoms with E-state index in [2.05, 4.69) is 16.5 Å². The molecule has 0 radical (unpaired) electrons. The zero-order chi connectivity index (χ0) is 13.8. The fourth-order valence-corrected chi connectivity index (χ4v) is 2.23. The maximum absolute atomic E-state index is 8.92. The average molecular weight is 266 g/mol. The Morgan fingerprint density at radius 1 is 1.40 bits per heavy atom. The van der Waals surface area contributed by atoms with Crippen molar-refractivity contribution in [1.29, 1.82) is 5.26 Å². The summed E-state index contributed by atoms with van der Waals surface area (Å²) in [5.74, 6) is 0. The van der Waals surface area contributed by atoms with E-state index in [0.717, 1.165) is 31.1 Å². The van der Waals surface area contributed by atoms with Crippen LogP contribution in [0.15, 0.2) is 36.7 Å². The third-order valence-electron chi connectivity index (χ3n) is 3.53. The number of aryl methyl sites for hydroxylation is 1. The van der Waals surface area contributed by atoms with Gasteiger partial charge in [-0.2, -0.15) is 10.4 Å². The van der Waals surface area contributed by atoms with Crippen molar-refractivity contribution in [3.63, 3.8) is 0 Å². The van der Waals surface area contributed by atoms with Crippen LogP contribution in [-0.2, 0) is 6.42 Å². The molecule has 0 spiro atoms. The molecule has 0 unspecified atom stereocenters. The molecular formula is C16H18N4. The maximum atomic E-state index is 8.92. The minimum absolute atomic E-state index is 0.660. The van der Waals surface area contributed by atoms with Crippen molar-refractivity contribution >= 4 is 0 Å². The Hall–Kier alpha value is -2.12. The van der Waals surface area contributed by atoms with E-state index >= 15 is 0 Å². The lowest BCUT2D eigenvalue weighted by Crippen LogP contribution is -2.17. The molecule has 102 valence electrons. The van der Waals surface area contributed by atoms with Crippen LogP contribution in [0.25, 0.3) is 5.69 Å². The Kier molecular flexibility index (Phi) is 3.80. The van der Waals surface area contributed by atoms with Gasteiger partial charge < -0.3 is 5.32 Å². The number of hydrogen-bond donors (Lipinski definition) is 1. The van der Waals surface area contributed by atoms with Crippen LogP contribution < -0.4 is 5.32 Å². The minimum atomic E-state index is 0.660. The molecule has 0 saturated heterocycles. The summed E-state index contributed by atoms with van der Waals surface area (Å²) in [5, 5.41) is 16.8. The Labute approximate surface area is 119 Å². The van der Waals surface area contributed by atoms with Crippen LogP contribution in [0, 0.1) is 11.3 Å². The summed E-state index contributed by atoms with van der Waals surface area (Å²) in [6.45, 7) is 1.08. The van der Waals surface area contributed by atoms with E-state index in [0.29, 0.717) is 5.56 Å². The van der Waals surface area contributed by atoms with Gasteiger partial charge in [-0.3, -0.25) is 0 Å². The van der Waals surface area contributed by atoms with Gasteiger partial charge in [-0.15, -0.1) is 0 Å². The van der Waals surface area contributed by atoms with Crippen LogP contribution in [0.1, 0.15) is 30.4 Å². The summed E-state index contributed by atoms with van der Waals surface area (Å²) in [4.78, 5) is 0. The van der Waals surface area contributed by atoms with Gasteiger partial charge >= 0.3 is 0 Å². The number of hydrogen-bond acceptors (Lipinski definition) is 3. The van der Waals surface area contributed by atoms with E-state index < -0.39 is 0 Å². The number of nitrogens with zero attached hydrogens (tertiary/aromatic N) is 3. The van der Waals surface area contributed by atoms with Gasteiger partial charge in [0.1, 0.15) is 0 Å². The van der Waals surface area contributed by atoms with Crippen molar-refractivity contribution in [1.82, 2.24) is 15.1 Å². The van der Waals surface area contributed by atoms with E-state index in [4.69, 9.17) is 5.26 Å². The van der Waals surface area contributed by atoms with Crippen LogP contribution in [0.3, 0.4) is 0 Å². The molecule has 4 heteroatoms. The van der Waals surface area contributed by atoms with Gasteiger partial charge in [0.15, 0.2) is 0 Å². The summed E-state index contributed by atoms with van der Waals surface area (Å²) in [6, 6.07) is 10.4. The van der Waals surface area contributed by atoms with E-state index in [-0.39, 0.29) is 0 Å². The number of nitriles is 1. The molecule has 1 saturated carbocycles. The molecule has 1 N–H and O–H groups in total. The number of aromatic nitrogens is 2. The first-order valence-electron chi connectivity index (χ1n) is 7.12. The molecule has 1 fully saturated rings. The van der Waals surface area contributed by atoms with Gasteiger partial charge in [0, 0.05) is 12.2 Å². The predicted molar refractivity (Wildman–Crippen MR) is 77.6 cm³/mol. The summed E-state index contributed by atoms with van der Waals surface area (Å²) in [5.41, 5.74) is 2.84. The highest BCUT2D eigenvalue weighted by molar-refractivity contribution is 5.40. The van der Waals surface area contributed by atoms with E-state index in [9.17, 15) is 0 Å². The highest BCUT2D eigenvalue weighted by atomic mass is 15.3. The summed E-state index contributed by atoms with van der Waals surface area (Å²) in [6.07, 6.45) is 8.82. The SMILES string of the molecule is N#Cc1cccc(-n2cc(CCCNC3CC3)cn2)c1. The molecule has 3 rings (SSSR count). The second kappa shape index (κ2) is 5.89. The summed E-state index contributed by atoms with van der Waals surface area (Å²) in [7, 11) is 0. The second-order valence-corrected chi connectivity index (χ2v) is 5.29. The molecule has 0 atom stereocenters. The van der Waals surface area contributed by atoms with E-state index in [1.54, 1.807) is 6.07 Å². The average Bonchev–Trinajstić information content (AvgIpc) is 3.20. The zero-order valence-electron chi connectivity index (χ0n) is 11.4. The van der Waals surface area contributed by atoms with E-state index in [1.807, 2.05) is 35.3 Å². The minimum Gasteiger partial charge on any atom is -0.314 e. The van der Waals surface area contributed by atoms with Crippen molar-refractivity contribution in [2.45, 2.75) is 31.7 Å². The molecule has 0 amide bonds. The molecule has 20 heavy (non-hydrogen) atoms. The van der Waals surface area contributed by atoms with Gasteiger partial charge in [0.05, 0.1) is 23.5 Å². The van der Waals surface area contributed by atoms with Gasteiger partial charge in [-0.1, -0.05) is 6.07 Å². The third-order valence-corrected chi connectivity index (χ3v) is 3.53. The molecule has 2 aromatic rings. The van der Waals surface area contributed by atoms with Gasteiger partial charge in [0.2, 0.25) is 0 Å². The van der Waals surface area contributed by atoms with Gasteiger partial charge in [-0.25, -0.2) is 4.68 Å². The van der Waals surface area contributed by atoms with Gasteiger partial charge in [-0.05, 0) is 56.0 Å². The largest absolute Gasteiger partial charge is 0.314 e. The lowest BCUT2D eigenvalue weighted by Gasteiger charge is -2.02. The number of benzene rings is 1. The highest BCUT2D eigenvalue weighted by Gasteiger charge is 2.19. The topological polar surface area (TPSA) is 53.6 Å². The second-order valence-electron chi connectivity index (χ2n) is 5.29. The first-order chi connectivity index (χ1) is 9.85. The molecule has 1 aliphatic rings. The first kappa shape index (κ1) is 12.9. The van der Waals surface area contributed by atoms with Crippen molar-refractivity contribution in [3.8, 4) is 11.8 Å². The highest BCUT2D eigenvalue weighted by Crippen LogP contribution is 2.18. The Morgan fingerprint density at radius 3 is 3.10 bits per heavy atom. The monoisotopic (exact) mass is 266 g/mol. The molecule has 0 aliphatic heterocycles. The van der Waals surface area contributed by atoms with Crippen LogP contribution in [-0.4, -0.2) is 22.4 Å².